The zero-order valence-corrected chi connectivity index (χ0v) is 12.2. The topological polar surface area (TPSA) is 94.9 Å². The molecule has 20 heavy (non-hydrogen) atoms. The Kier molecular flexibility index (Phi) is 4.06. The average molecular weight is 320 g/mol. The first-order valence-electron chi connectivity index (χ1n) is 5.85. The number of aliphatic hydroxyl groups excluding tert-OH is 2. The lowest BCUT2D eigenvalue weighted by molar-refractivity contribution is 0.0572. The number of hydrogen-bond acceptors (Lipinski definition) is 5. The fraction of sp³-hybridized carbons (Fsp3) is 0.417. The Labute approximate surface area is 121 Å². The molecule has 0 saturated carbocycles. The van der Waals surface area contributed by atoms with Crippen LogP contribution in [0, 0.1) is 0 Å². The summed E-state index contributed by atoms with van der Waals surface area (Å²) in [5.74, 6) is -0.456. The summed E-state index contributed by atoms with van der Waals surface area (Å²) in [7, 11) is -3.54. The molecule has 0 aromatic heterocycles. The van der Waals surface area contributed by atoms with Crippen LogP contribution in [-0.2, 0) is 9.84 Å². The number of rotatable bonds is 2. The summed E-state index contributed by atoms with van der Waals surface area (Å²) in [5.41, 5.74) is 0.149. The van der Waals surface area contributed by atoms with Crippen LogP contribution in [0.5, 0.6) is 0 Å². The van der Waals surface area contributed by atoms with Gasteiger partial charge in [0.15, 0.2) is 9.84 Å². The number of halogens is 1. The zero-order valence-electron chi connectivity index (χ0n) is 10.7. The van der Waals surface area contributed by atoms with Gasteiger partial charge in [-0.25, -0.2) is 8.42 Å². The SMILES string of the molecule is CS(=O)(=O)c1cc(C(=O)N2CC(O)C(O)C2)ccc1Cl. The molecule has 8 heteroatoms. The first-order valence-corrected chi connectivity index (χ1v) is 8.12. The lowest BCUT2D eigenvalue weighted by Gasteiger charge is -2.16. The molecular weight excluding hydrogens is 306 g/mol. The molecule has 1 aliphatic heterocycles. The van der Waals surface area contributed by atoms with Crippen LogP contribution >= 0.6 is 11.6 Å². The second-order valence-corrected chi connectivity index (χ2v) is 7.15. The maximum Gasteiger partial charge on any atom is 0.254 e. The predicted molar refractivity (Wildman–Crippen MR) is 72.5 cm³/mol. The molecule has 1 aromatic rings. The number of aliphatic hydroxyl groups is 2. The Hall–Kier alpha value is -1.15. The highest BCUT2D eigenvalue weighted by Gasteiger charge is 2.33. The van der Waals surface area contributed by atoms with Gasteiger partial charge in [-0.15, -0.1) is 0 Å². The second-order valence-electron chi connectivity index (χ2n) is 4.76. The maximum atomic E-state index is 12.2. The van der Waals surface area contributed by atoms with Crippen molar-refractivity contribution in [2.75, 3.05) is 19.3 Å². The molecule has 110 valence electrons. The van der Waals surface area contributed by atoms with Gasteiger partial charge >= 0.3 is 0 Å². The molecule has 1 aliphatic rings. The molecule has 1 heterocycles. The molecule has 0 spiro atoms. The Morgan fingerprint density at radius 2 is 1.85 bits per heavy atom. The molecule has 2 unspecified atom stereocenters. The summed E-state index contributed by atoms with van der Waals surface area (Å²) in [6.45, 7) is 0.0215. The Bertz CT molecular complexity index is 635. The third kappa shape index (κ3) is 2.95. The smallest absolute Gasteiger partial charge is 0.254 e. The Morgan fingerprint density at radius 3 is 2.35 bits per heavy atom. The van der Waals surface area contributed by atoms with E-state index in [1.54, 1.807) is 0 Å². The van der Waals surface area contributed by atoms with Crippen molar-refractivity contribution in [3.8, 4) is 0 Å². The number of sulfone groups is 1. The van der Waals surface area contributed by atoms with Crippen molar-refractivity contribution in [2.24, 2.45) is 0 Å². The fourth-order valence-electron chi connectivity index (χ4n) is 2.04. The van der Waals surface area contributed by atoms with Crippen LogP contribution in [0.1, 0.15) is 10.4 Å². The van der Waals surface area contributed by atoms with Gasteiger partial charge < -0.3 is 15.1 Å². The van der Waals surface area contributed by atoms with E-state index in [-0.39, 0.29) is 28.6 Å². The zero-order chi connectivity index (χ0) is 15.1. The second kappa shape index (κ2) is 5.33. The van der Waals surface area contributed by atoms with Gasteiger partial charge in [0.05, 0.1) is 22.1 Å². The Morgan fingerprint density at radius 1 is 1.30 bits per heavy atom. The van der Waals surface area contributed by atoms with Gasteiger partial charge in [0.2, 0.25) is 0 Å². The normalized spacial score (nSPS) is 23.1. The van der Waals surface area contributed by atoms with Crippen LogP contribution in [0.3, 0.4) is 0 Å². The van der Waals surface area contributed by atoms with Crippen LogP contribution < -0.4 is 0 Å². The maximum absolute atomic E-state index is 12.2. The Balaban J connectivity index is 2.33. The van der Waals surface area contributed by atoms with E-state index in [0.717, 1.165) is 6.26 Å². The lowest BCUT2D eigenvalue weighted by Crippen LogP contribution is -2.29. The van der Waals surface area contributed by atoms with Gasteiger partial charge in [0.25, 0.3) is 5.91 Å². The molecule has 0 bridgehead atoms. The standard InChI is InChI=1S/C12H14ClNO5S/c1-20(18,19)11-4-7(2-3-8(11)13)12(17)14-5-9(15)10(16)6-14/h2-4,9-10,15-16H,5-6H2,1H3. The van der Waals surface area contributed by atoms with Crippen molar-refractivity contribution >= 4 is 27.3 Å². The number of hydrogen-bond donors (Lipinski definition) is 2. The minimum atomic E-state index is -3.54. The van der Waals surface area contributed by atoms with Crippen molar-refractivity contribution in [3.63, 3.8) is 0 Å². The quantitative estimate of drug-likeness (QED) is 0.795. The number of amides is 1. The molecule has 2 rings (SSSR count). The van der Waals surface area contributed by atoms with Gasteiger partial charge in [0.1, 0.15) is 0 Å². The van der Waals surface area contributed by atoms with E-state index in [1.807, 2.05) is 0 Å². The number of carbonyl (C=O) groups excluding carboxylic acids is 1. The van der Waals surface area contributed by atoms with Gasteiger partial charge in [0, 0.05) is 24.9 Å². The van der Waals surface area contributed by atoms with Crippen molar-refractivity contribution < 1.29 is 23.4 Å². The molecule has 1 aromatic carbocycles. The fourth-order valence-corrected chi connectivity index (χ4v) is 3.34. The van der Waals surface area contributed by atoms with E-state index in [1.165, 1.54) is 23.1 Å². The number of benzene rings is 1. The molecular formula is C12H14ClNO5S. The van der Waals surface area contributed by atoms with Crippen LogP contribution in [0.4, 0.5) is 0 Å². The van der Waals surface area contributed by atoms with Gasteiger partial charge in [-0.2, -0.15) is 0 Å². The number of carbonyl (C=O) groups is 1. The molecule has 1 fully saturated rings. The summed E-state index contributed by atoms with van der Waals surface area (Å²) in [5, 5.41) is 18.9. The molecule has 2 atom stereocenters. The minimum absolute atomic E-state index is 0.0107. The number of likely N-dealkylation sites (tertiary alicyclic amines) is 1. The predicted octanol–water partition coefficient (Wildman–Crippen LogP) is -0.0789. The first kappa shape index (κ1) is 15.2. The highest BCUT2D eigenvalue weighted by atomic mass is 35.5. The van der Waals surface area contributed by atoms with Crippen molar-refractivity contribution in [3.05, 3.63) is 28.8 Å². The highest BCUT2D eigenvalue weighted by molar-refractivity contribution is 7.90. The van der Waals surface area contributed by atoms with Crippen molar-refractivity contribution in [1.29, 1.82) is 0 Å². The number of nitrogens with zero attached hydrogens (tertiary/aromatic N) is 1. The van der Waals surface area contributed by atoms with Crippen LogP contribution in [-0.4, -0.2) is 61.0 Å². The monoisotopic (exact) mass is 319 g/mol. The van der Waals surface area contributed by atoms with Gasteiger partial charge in [-0.05, 0) is 18.2 Å². The summed E-state index contributed by atoms with van der Waals surface area (Å²) in [6, 6.07) is 3.96. The first-order chi connectivity index (χ1) is 9.20. The summed E-state index contributed by atoms with van der Waals surface area (Å²) < 4.78 is 23.1. The summed E-state index contributed by atoms with van der Waals surface area (Å²) in [4.78, 5) is 13.3. The minimum Gasteiger partial charge on any atom is -0.388 e. The van der Waals surface area contributed by atoms with Crippen molar-refractivity contribution in [1.82, 2.24) is 4.90 Å². The van der Waals surface area contributed by atoms with E-state index in [9.17, 15) is 23.4 Å². The number of β-amino-alcohol motifs (C(OH)–C–C–N with tert-alkyl or cyclic N) is 2. The third-order valence-electron chi connectivity index (χ3n) is 3.12. The average Bonchev–Trinajstić information content (AvgIpc) is 2.68. The van der Waals surface area contributed by atoms with Gasteiger partial charge in [-0.3, -0.25) is 4.79 Å². The van der Waals surface area contributed by atoms with Gasteiger partial charge in [-0.1, -0.05) is 11.6 Å². The molecule has 6 nitrogen and oxygen atoms in total. The van der Waals surface area contributed by atoms with E-state index in [2.05, 4.69) is 0 Å². The summed E-state index contributed by atoms with van der Waals surface area (Å²) in [6.07, 6.45) is -0.965. The third-order valence-corrected chi connectivity index (χ3v) is 4.70. The molecule has 0 radical (unpaired) electrons. The van der Waals surface area contributed by atoms with Crippen LogP contribution in [0.25, 0.3) is 0 Å². The highest BCUT2D eigenvalue weighted by Crippen LogP contribution is 2.24. The van der Waals surface area contributed by atoms with E-state index in [4.69, 9.17) is 11.6 Å². The summed E-state index contributed by atoms with van der Waals surface area (Å²) >= 11 is 5.81. The molecule has 0 aliphatic carbocycles. The van der Waals surface area contributed by atoms with Crippen LogP contribution in [0.2, 0.25) is 5.02 Å². The molecule has 2 N–H and O–H groups in total. The molecule has 1 saturated heterocycles. The largest absolute Gasteiger partial charge is 0.388 e. The lowest BCUT2D eigenvalue weighted by atomic mass is 10.2. The van der Waals surface area contributed by atoms with E-state index < -0.39 is 28.0 Å². The van der Waals surface area contributed by atoms with Crippen LogP contribution in [0.15, 0.2) is 23.1 Å². The van der Waals surface area contributed by atoms with Crippen molar-refractivity contribution in [2.45, 2.75) is 17.1 Å². The molecule has 1 amide bonds. The van der Waals surface area contributed by atoms with E-state index >= 15 is 0 Å². The van der Waals surface area contributed by atoms with E-state index in [0.29, 0.717) is 0 Å².